The first-order valence-electron chi connectivity index (χ1n) is 7.87. The summed E-state index contributed by atoms with van der Waals surface area (Å²) in [7, 11) is 0. The fourth-order valence-electron chi connectivity index (χ4n) is 2.50. The molecule has 26 heavy (non-hydrogen) atoms. The van der Waals surface area contributed by atoms with Gasteiger partial charge in [0.05, 0.1) is 10.7 Å². The summed E-state index contributed by atoms with van der Waals surface area (Å²) in [5.74, 6) is 0.999. The highest BCUT2D eigenvalue weighted by molar-refractivity contribution is 9.10. The van der Waals surface area contributed by atoms with Gasteiger partial charge in [-0.15, -0.1) is 0 Å². The van der Waals surface area contributed by atoms with Gasteiger partial charge in [-0.05, 0) is 40.2 Å². The Balaban J connectivity index is 1.60. The Morgan fingerprint density at radius 2 is 1.92 bits per heavy atom. The van der Waals surface area contributed by atoms with Crippen LogP contribution in [0.3, 0.4) is 0 Å². The van der Waals surface area contributed by atoms with Crippen molar-refractivity contribution in [1.29, 1.82) is 0 Å². The number of benzene rings is 2. The smallest absolute Gasteiger partial charge is 0.291 e. The van der Waals surface area contributed by atoms with Gasteiger partial charge in [-0.2, -0.15) is 0 Å². The molecule has 0 unspecified atom stereocenters. The molecule has 128 valence electrons. The summed E-state index contributed by atoms with van der Waals surface area (Å²) in [6, 6.07) is 18.3. The second-order valence-corrected chi connectivity index (χ2v) is 6.36. The van der Waals surface area contributed by atoms with Gasteiger partial charge < -0.3 is 14.5 Å². The fourth-order valence-corrected chi connectivity index (χ4v) is 2.97. The third kappa shape index (κ3) is 3.32. The first-order valence-corrected chi connectivity index (χ1v) is 8.66. The number of nitrogens with zero attached hydrogens (tertiary/aromatic N) is 1. The molecular weight excluding hydrogens is 396 g/mol. The topological polar surface area (TPSA) is 64.4 Å². The van der Waals surface area contributed by atoms with Gasteiger partial charge in [-0.25, -0.2) is 0 Å². The second-order valence-electron chi connectivity index (χ2n) is 5.51. The van der Waals surface area contributed by atoms with Crippen LogP contribution in [0.25, 0.3) is 11.0 Å². The highest BCUT2D eigenvalue weighted by Gasteiger charge is 2.16. The van der Waals surface area contributed by atoms with Crippen LogP contribution in [0.2, 0.25) is 0 Å². The van der Waals surface area contributed by atoms with E-state index in [1.807, 2.05) is 48.5 Å². The molecule has 4 rings (SSSR count). The predicted molar refractivity (Wildman–Crippen MR) is 103 cm³/mol. The Bertz CT molecular complexity index is 1080. The lowest BCUT2D eigenvalue weighted by atomic mass is 10.2. The number of hydrogen-bond acceptors (Lipinski definition) is 4. The zero-order chi connectivity index (χ0) is 17.9. The van der Waals surface area contributed by atoms with Gasteiger partial charge >= 0.3 is 0 Å². The van der Waals surface area contributed by atoms with E-state index in [-0.39, 0.29) is 11.7 Å². The van der Waals surface area contributed by atoms with Crippen molar-refractivity contribution in [3.8, 4) is 11.5 Å². The summed E-state index contributed by atoms with van der Waals surface area (Å²) in [6.45, 7) is 0. The third-order valence-electron chi connectivity index (χ3n) is 3.72. The number of anilines is 1. The van der Waals surface area contributed by atoms with Crippen molar-refractivity contribution in [2.75, 3.05) is 5.32 Å². The van der Waals surface area contributed by atoms with Crippen molar-refractivity contribution >= 4 is 38.5 Å². The first kappa shape index (κ1) is 16.4. The summed E-state index contributed by atoms with van der Waals surface area (Å²) in [5, 5.41) is 3.64. The molecule has 2 aromatic heterocycles. The predicted octanol–water partition coefficient (Wildman–Crippen LogP) is 5.63. The largest absolute Gasteiger partial charge is 0.455 e. The van der Waals surface area contributed by atoms with Crippen LogP contribution in [0, 0.1) is 0 Å². The van der Waals surface area contributed by atoms with Crippen LogP contribution < -0.4 is 10.1 Å². The molecule has 5 nitrogen and oxygen atoms in total. The number of hydrogen-bond donors (Lipinski definition) is 1. The number of fused-ring (bicyclic) bond motifs is 1. The summed E-state index contributed by atoms with van der Waals surface area (Å²) in [6.07, 6.45) is 3.14. The lowest BCUT2D eigenvalue weighted by Gasteiger charge is -2.10. The van der Waals surface area contributed by atoms with Crippen LogP contribution in [-0.4, -0.2) is 10.9 Å². The molecule has 0 radical (unpaired) electrons. The Hall–Kier alpha value is -3.12. The lowest BCUT2D eigenvalue weighted by Crippen LogP contribution is -2.11. The molecule has 0 saturated heterocycles. The van der Waals surface area contributed by atoms with Gasteiger partial charge in [0.25, 0.3) is 5.91 Å². The van der Waals surface area contributed by atoms with E-state index in [0.29, 0.717) is 22.8 Å². The maximum absolute atomic E-state index is 12.6. The highest BCUT2D eigenvalue weighted by Crippen LogP contribution is 2.30. The van der Waals surface area contributed by atoms with E-state index in [2.05, 4.69) is 26.2 Å². The summed E-state index contributed by atoms with van der Waals surface area (Å²) < 4.78 is 12.3. The molecule has 0 aliphatic rings. The number of furan rings is 1. The molecule has 2 aromatic carbocycles. The second kappa shape index (κ2) is 7.01. The number of para-hydroxylation sites is 2. The SMILES string of the molecule is O=C(Nc1cnccc1Oc1ccccc1)c1cc2cccc(Br)c2o1. The molecular formula is C20H13BrN2O3. The van der Waals surface area contributed by atoms with Crippen molar-refractivity contribution in [2.24, 2.45) is 0 Å². The molecule has 0 bridgehead atoms. The number of ether oxygens (including phenoxy) is 1. The third-order valence-corrected chi connectivity index (χ3v) is 4.34. The Morgan fingerprint density at radius 3 is 2.73 bits per heavy atom. The summed E-state index contributed by atoms with van der Waals surface area (Å²) in [4.78, 5) is 16.7. The summed E-state index contributed by atoms with van der Waals surface area (Å²) >= 11 is 3.42. The van der Waals surface area contributed by atoms with Crippen LogP contribution in [0.1, 0.15) is 10.6 Å². The molecule has 0 atom stereocenters. The quantitative estimate of drug-likeness (QED) is 0.474. The zero-order valence-electron chi connectivity index (χ0n) is 13.5. The number of nitrogens with one attached hydrogen (secondary N) is 1. The first-order chi connectivity index (χ1) is 12.7. The van der Waals surface area contributed by atoms with Crippen LogP contribution in [0.15, 0.2) is 81.9 Å². The molecule has 1 N–H and O–H groups in total. The summed E-state index contributed by atoms with van der Waals surface area (Å²) in [5.41, 5.74) is 1.09. The van der Waals surface area contributed by atoms with Gasteiger partial charge in [0, 0.05) is 17.6 Å². The molecule has 6 heteroatoms. The van der Waals surface area contributed by atoms with E-state index in [4.69, 9.17) is 9.15 Å². The fraction of sp³-hybridized carbons (Fsp3) is 0. The van der Waals surface area contributed by atoms with E-state index in [9.17, 15) is 4.79 Å². The van der Waals surface area contributed by atoms with E-state index in [0.717, 1.165) is 9.86 Å². The van der Waals surface area contributed by atoms with E-state index >= 15 is 0 Å². The minimum Gasteiger partial charge on any atom is -0.455 e. The molecule has 0 fully saturated rings. The minimum atomic E-state index is -0.376. The maximum Gasteiger partial charge on any atom is 0.291 e. The average Bonchev–Trinajstić information content (AvgIpc) is 3.10. The molecule has 0 saturated carbocycles. The molecule has 1 amide bonds. The minimum absolute atomic E-state index is 0.210. The number of carbonyl (C=O) groups is 1. The number of rotatable bonds is 4. The number of amides is 1. The van der Waals surface area contributed by atoms with Gasteiger partial charge in [-0.1, -0.05) is 30.3 Å². The zero-order valence-corrected chi connectivity index (χ0v) is 15.1. The van der Waals surface area contributed by atoms with Crippen molar-refractivity contribution in [1.82, 2.24) is 4.98 Å². The van der Waals surface area contributed by atoms with Gasteiger partial charge in [-0.3, -0.25) is 9.78 Å². The number of aromatic nitrogens is 1. The normalized spacial score (nSPS) is 10.7. The van der Waals surface area contributed by atoms with Gasteiger partial charge in [0.15, 0.2) is 11.5 Å². The maximum atomic E-state index is 12.6. The standard InChI is InChI=1S/C20H13BrN2O3/c21-15-8-4-5-13-11-18(26-19(13)15)20(24)23-16-12-22-10-9-17(16)25-14-6-2-1-3-7-14/h1-12H,(H,23,24). The van der Waals surface area contributed by atoms with Crippen molar-refractivity contribution in [3.05, 3.63) is 83.3 Å². The average molecular weight is 409 g/mol. The van der Waals surface area contributed by atoms with E-state index in [1.165, 1.54) is 6.20 Å². The molecule has 4 aromatic rings. The van der Waals surface area contributed by atoms with Crippen LogP contribution in [0.4, 0.5) is 5.69 Å². The van der Waals surface area contributed by atoms with Crippen molar-refractivity contribution < 1.29 is 13.9 Å². The Kier molecular flexibility index (Phi) is 4.41. The number of pyridine rings is 1. The van der Waals surface area contributed by atoms with Gasteiger partial charge in [0.2, 0.25) is 0 Å². The highest BCUT2D eigenvalue weighted by atomic mass is 79.9. The Morgan fingerprint density at radius 1 is 1.08 bits per heavy atom. The van der Waals surface area contributed by atoms with Crippen molar-refractivity contribution in [3.63, 3.8) is 0 Å². The molecule has 2 heterocycles. The van der Waals surface area contributed by atoms with Crippen LogP contribution >= 0.6 is 15.9 Å². The Labute approximate surface area is 157 Å². The monoisotopic (exact) mass is 408 g/mol. The van der Waals surface area contributed by atoms with Crippen LogP contribution in [-0.2, 0) is 0 Å². The number of halogens is 1. The van der Waals surface area contributed by atoms with Crippen LogP contribution in [0.5, 0.6) is 11.5 Å². The number of carbonyl (C=O) groups excluding carboxylic acids is 1. The van der Waals surface area contributed by atoms with E-state index in [1.54, 1.807) is 18.3 Å². The van der Waals surface area contributed by atoms with Crippen molar-refractivity contribution in [2.45, 2.75) is 0 Å². The molecule has 0 aliphatic carbocycles. The lowest BCUT2D eigenvalue weighted by molar-refractivity contribution is 0.0998. The molecule has 0 aliphatic heterocycles. The van der Waals surface area contributed by atoms with E-state index < -0.39 is 0 Å². The molecule has 0 spiro atoms. The van der Waals surface area contributed by atoms with Gasteiger partial charge in [0.1, 0.15) is 17.0 Å².